The average Bonchev–Trinajstić information content (AvgIpc) is 2.24. The van der Waals surface area contributed by atoms with E-state index in [1.807, 2.05) is 20.8 Å². The molecule has 0 fully saturated rings. The summed E-state index contributed by atoms with van der Waals surface area (Å²) >= 11 is 5.92. The first-order valence-corrected chi connectivity index (χ1v) is 6.41. The lowest BCUT2D eigenvalue weighted by Crippen LogP contribution is -2.39. The summed E-state index contributed by atoms with van der Waals surface area (Å²) in [7, 11) is 0. The van der Waals surface area contributed by atoms with Crippen molar-refractivity contribution in [1.29, 1.82) is 0 Å². The quantitative estimate of drug-likeness (QED) is 0.775. The maximum atomic E-state index is 11.3. The zero-order valence-corrected chi connectivity index (χ0v) is 11.7. The first-order valence-electron chi connectivity index (χ1n) is 6.03. The summed E-state index contributed by atoms with van der Waals surface area (Å²) in [5, 5.41) is 3.37. The van der Waals surface area contributed by atoms with Crippen LogP contribution in [0.25, 0.3) is 0 Å². The monoisotopic (exact) mass is 270 g/mol. The summed E-state index contributed by atoms with van der Waals surface area (Å²) in [4.78, 5) is 19.8. The first kappa shape index (κ1) is 14.7. The fraction of sp³-hybridized carbons (Fsp3) is 0.583. The fourth-order valence-electron chi connectivity index (χ4n) is 1.60. The van der Waals surface area contributed by atoms with Crippen LogP contribution in [-0.2, 0) is 11.2 Å². The van der Waals surface area contributed by atoms with E-state index in [0.29, 0.717) is 16.8 Å². The van der Waals surface area contributed by atoms with Gasteiger partial charge in [-0.25, -0.2) is 9.97 Å². The molecule has 0 spiro atoms. The maximum Gasteiger partial charge on any atom is 0.240 e. The number of carbonyl (C=O) groups is 1. The molecule has 0 aliphatic heterocycles. The zero-order valence-electron chi connectivity index (χ0n) is 10.9. The number of anilines is 1. The van der Waals surface area contributed by atoms with E-state index in [1.54, 1.807) is 6.07 Å². The summed E-state index contributed by atoms with van der Waals surface area (Å²) in [5.41, 5.74) is 5.34. The minimum Gasteiger partial charge on any atom is -0.368 e. The summed E-state index contributed by atoms with van der Waals surface area (Å²) in [6.07, 6.45) is 1.68. The number of primary amides is 1. The smallest absolute Gasteiger partial charge is 0.240 e. The van der Waals surface area contributed by atoms with Gasteiger partial charge in [-0.3, -0.25) is 4.79 Å². The minimum absolute atomic E-state index is 0.0749. The van der Waals surface area contributed by atoms with Crippen LogP contribution in [0.3, 0.4) is 0 Å². The number of halogens is 1. The molecule has 0 aliphatic rings. The van der Waals surface area contributed by atoms with E-state index in [0.717, 1.165) is 12.8 Å². The Kier molecular flexibility index (Phi) is 5.34. The third-order valence-electron chi connectivity index (χ3n) is 2.49. The topological polar surface area (TPSA) is 80.9 Å². The lowest BCUT2D eigenvalue weighted by Gasteiger charge is -2.19. The van der Waals surface area contributed by atoms with E-state index in [4.69, 9.17) is 17.3 Å². The molecule has 3 N–H and O–H groups in total. The molecule has 5 nitrogen and oxygen atoms in total. The fourth-order valence-corrected chi connectivity index (χ4v) is 1.80. The molecule has 1 aromatic rings. The van der Waals surface area contributed by atoms with Gasteiger partial charge in [0, 0.05) is 12.5 Å². The van der Waals surface area contributed by atoms with E-state index in [-0.39, 0.29) is 5.92 Å². The Morgan fingerprint density at radius 2 is 2.17 bits per heavy atom. The molecule has 0 aliphatic carbocycles. The van der Waals surface area contributed by atoms with Gasteiger partial charge in [-0.2, -0.15) is 0 Å². The van der Waals surface area contributed by atoms with E-state index in [9.17, 15) is 4.79 Å². The highest BCUT2D eigenvalue weighted by atomic mass is 35.5. The van der Waals surface area contributed by atoms with Gasteiger partial charge < -0.3 is 11.1 Å². The number of nitrogens with zero attached hydrogens (tertiary/aromatic N) is 2. The van der Waals surface area contributed by atoms with Gasteiger partial charge in [-0.05, 0) is 12.3 Å². The molecule has 1 amide bonds. The molecular formula is C12H19ClN4O. The highest BCUT2D eigenvalue weighted by Gasteiger charge is 2.20. The van der Waals surface area contributed by atoms with Crippen molar-refractivity contribution < 1.29 is 4.79 Å². The highest BCUT2D eigenvalue weighted by Crippen LogP contribution is 2.15. The number of hydrogen-bond donors (Lipinski definition) is 2. The van der Waals surface area contributed by atoms with Crippen molar-refractivity contribution in [3.63, 3.8) is 0 Å². The van der Waals surface area contributed by atoms with Crippen LogP contribution in [0.2, 0.25) is 5.15 Å². The van der Waals surface area contributed by atoms with Crippen molar-refractivity contribution >= 4 is 23.3 Å². The molecule has 1 rings (SSSR count). The van der Waals surface area contributed by atoms with Crippen molar-refractivity contribution in [3.05, 3.63) is 17.0 Å². The molecular weight excluding hydrogens is 252 g/mol. The third kappa shape index (κ3) is 4.14. The Labute approximate surface area is 112 Å². The van der Waals surface area contributed by atoms with Crippen molar-refractivity contribution in [2.45, 2.75) is 39.7 Å². The molecule has 18 heavy (non-hydrogen) atoms. The van der Waals surface area contributed by atoms with E-state index >= 15 is 0 Å². The number of carbonyl (C=O) groups excluding carboxylic acids is 1. The van der Waals surface area contributed by atoms with Crippen molar-refractivity contribution in [1.82, 2.24) is 9.97 Å². The van der Waals surface area contributed by atoms with Gasteiger partial charge in [0.25, 0.3) is 0 Å². The van der Waals surface area contributed by atoms with Gasteiger partial charge in [-0.1, -0.05) is 32.4 Å². The Hall–Kier alpha value is -1.36. The van der Waals surface area contributed by atoms with Crippen LogP contribution in [0.5, 0.6) is 0 Å². The molecule has 0 radical (unpaired) electrons. The molecule has 1 atom stereocenters. The first-order chi connectivity index (χ1) is 8.43. The minimum atomic E-state index is -0.467. The maximum absolute atomic E-state index is 11.3. The van der Waals surface area contributed by atoms with Gasteiger partial charge in [-0.15, -0.1) is 0 Å². The van der Waals surface area contributed by atoms with Crippen LogP contribution in [0.15, 0.2) is 6.07 Å². The van der Waals surface area contributed by atoms with E-state index in [2.05, 4.69) is 15.3 Å². The van der Waals surface area contributed by atoms with Crippen molar-refractivity contribution in [2.24, 2.45) is 11.7 Å². The number of aryl methyl sites for hydroxylation is 1. The Morgan fingerprint density at radius 3 is 2.67 bits per heavy atom. The predicted octanol–water partition coefficient (Wildman–Crippen LogP) is 2.00. The van der Waals surface area contributed by atoms with Crippen LogP contribution < -0.4 is 11.1 Å². The third-order valence-corrected chi connectivity index (χ3v) is 2.69. The van der Waals surface area contributed by atoms with Crippen LogP contribution in [0.1, 0.15) is 33.0 Å². The van der Waals surface area contributed by atoms with E-state index in [1.165, 1.54) is 0 Å². The zero-order chi connectivity index (χ0) is 13.7. The number of aromatic nitrogens is 2. The number of rotatable bonds is 6. The van der Waals surface area contributed by atoms with Gasteiger partial charge in [0.2, 0.25) is 5.91 Å². The Bertz CT molecular complexity index is 423. The second-order valence-electron chi connectivity index (χ2n) is 4.51. The highest BCUT2D eigenvalue weighted by molar-refractivity contribution is 6.29. The molecule has 6 heteroatoms. The molecule has 0 aromatic carbocycles. The number of hydrogen-bond acceptors (Lipinski definition) is 4. The predicted molar refractivity (Wildman–Crippen MR) is 72.5 cm³/mol. The molecule has 0 saturated heterocycles. The lowest BCUT2D eigenvalue weighted by molar-refractivity contribution is -0.119. The van der Waals surface area contributed by atoms with E-state index < -0.39 is 11.9 Å². The number of nitrogens with one attached hydrogen (secondary N) is 1. The van der Waals surface area contributed by atoms with Crippen molar-refractivity contribution in [3.8, 4) is 0 Å². The second-order valence-corrected chi connectivity index (χ2v) is 4.90. The van der Waals surface area contributed by atoms with Crippen LogP contribution in [0, 0.1) is 5.92 Å². The van der Waals surface area contributed by atoms with Gasteiger partial charge in [0.05, 0.1) is 0 Å². The molecule has 1 unspecified atom stereocenters. The number of nitrogens with two attached hydrogens (primary N) is 1. The number of amides is 1. The Morgan fingerprint density at radius 1 is 1.50 bits per heavy atom. The summed E-state index contributed by atoms with van der Waals surface area (Å²) < 4.78 is 0. The van der Waals surface area contributed by atoms with Crippen LogP contribution >= 0.6 is 11.6 Å². The summed E-state index contributed by atoms with van der Waals surface area (Å²) in [5.74, 6) is 0.873. The largest absolute Gasteiger partial charge is 0.368 e. The molecule has 0 bridgehead atoms. The summed E-state index contributed by atoms with van der Waals surface area (Å²) in [6, 6.07) is 1.13. The molecule has 100 valence electrons. The molecule has 0 saturated carbocycles. The molecule has 1 heterocycles. The lowest BCUT2D eigenvalue weighted by atomic mass is 10.0. The van der Waals surface area contributed by atoms with Gasteiger partial charge in [0.15, 0.2) is 0 Å². The van der Waals surface area contributed by atoms with Gasteiger partial charge in [0.1, 0.15) is 22.8 Å². The standard InChI is InChI=1S/C12H19ClN4O/c1-4-5-9-15-8(13)6-10(16-9)17-11(7(2)3)12(14)18/h6-7,11H,4-5H2,1-3H3,(H2,14,18)(H,15,16,17). The molecule has 1 aromatic heterocycles. The SMILES string of the molecule is CCCc1nc(Cl)cc(NC(C(N)=O)C(C)C)n1. The average molecular weight is 271 g/mol. The summed E-state index contributed by atoms with van der Waals surface area (Å²) in [6.45, 7) is 5.87. The normalized spacial score (nSPS) is 12.5. The second kappa shape index (κ2) is 6.54. The van der Waals surface area contributed by atoms with Gasteiger partial charge >= 0.3 is 0 Å². The van der Waals surface area contributed by atoms with Crippen molar-refractivity contribution in [2.75, 3.05) is 5.32 Å². The van der Waals surface area contributed by atoms with Crippen LogP contribution in [-0.4, -0.2) is 21.9 Å². The Balaban J connectivity index is 2.91. The van der Waals surface area contributed by atoms with Crippen LogP contribution in [0.4, 0.5) is 5.82 Å².